The largest absolute Gasteiger partial charge is 0.367 e. The monoisotopic (exact) mass is 298 g/mol. The molecule has 1 N–H and O–H groups in total. The number of aromatic nitrogens is 3. The van der Waals surface area contributed by atoms with E-state index in [0.717, 1.165) is 31.3 Å². The molecule has 5 heteroatoms. The third-order valence-corrected chi connectivity index (χ3v) is 4.78. The highest BCUT2D eigenvalue weighted by Crippen LogP contribution is 2.36. The molecular formula is C17H22N4O. The zero-order chi connectivity index (χ0) is 14.9. The molecule has 22 heavy (non-hydrogen) atoms. The van der Waals surface area contributed by atoms with Crippen LogP contribution in [-0.2, 0) is 11.2 Å². The van der Waals surface area contributed by atoms with Gasteiger partial charge in [-0.2, -0.15) is 5.10 Å². The highest BCUT2D eigenvalue weighted by atomic mass is 16.5. The average molecular weight is 298 g/mol. The first-order valence-electron chi connectivity index (χ1n) is 8.13. The summed E-state index contributed by atoms with van der Waals surface area (Å²) >= 11 is 0. The lowest BCUT2D eigenvalue weighted by Crippen LogP contribution is -2.42. The lowest BCUT2D eigenvalue weighted by molar-refractivity contribution is -0.0516. The maximum absolute atomic E-state index is 5.90. The number of ether oxygens (including phenoxy) is 1. The van der Waals surface area contributed by atoms with Crippen LogP contribution in [0.3, 0.4) is 0 Å². The van der Waals surface area contributed by atoms with Crippen molar-refractivity contribution in [2.75, 3.05) is 19.7 Å². The van der Waals surface area contributed by atoms with Gasteiger partial charge in [-0.15, -0.1) is 0 Å². The molecule has 0 radical (unpaired) electrons. The van der Waals surface area contributed by atoms with Gasteiger partial charge >= 0.3 is 0 Å². The maximum atomic E-state index is 5.90. The molecule has 1 aliphatic heterocycles. The molecule has 0 bridgehead atoms. The normalized spacial score (nSPS) is 25.9. The third kappa shape index (κ3) is 2.55. The van der Waals surface area contributed by atoms with E-state index in [0.29, 0.717) is 6.04 Å². The number of fused-ring (bicyclic) bond motifs is 1. The van der Waals surface area contributed by atoms with Gasteiger partial charge in [0.25, 0.3) is 0 Å². The number of nitrogens with zero attached hydrogens (tertiary/aromatic N) is 3. The van der Waals surface area contributed by atoms with Gasteiger partial charge in [0, 0.05) is 19.1 Å². The summed E-state index contributed by atoms with van der Waals surface area (Å²) < 4.78 is 5.90. The SMILES string of the molecule is Cc1nc(C2CN(C3CCCc4ccccc43)CCO2)n[nH]1. The van der Waals surface area contributed by atoms with Crippen LogP contribution in [0.15, 0.2) is 24.3 Å². The van der Waals surface area contributed by atoms with Crippen LogP contribution in [0, 0.1) is 6.92 Å². The molecule has 2 heterocycles. The fourth-order valence-electron chi connectivity index (χ4n) is 3.72. The molecule has 1 saturated heterocycles. The third-order valence-electron chi connectivity index (χ3n) is 4.78. The van der Waals surface area contributed by atoms with Crippen molar-refractivity contribution in [3.05, 3.63) is 47.0 Å². The fourth-order valence-corrected chi connectivity index (χ4v) is 3.72. The van der Waals surface area contributed by atoms with Crippen molar-refractivity contribution >= 4 is 0 Å². The zero-order valence-electron chi connectivity index (χ0n) is 13.0. The Balaban J connectivity index is 1.56. The topological polar surface area (TPSA) is 54.0 Å². The summed E-state index contributed by atoms with van der Waals surface area (Å²) in [6.07, 6.45) is 3.69. The van der Waals surface area contributed by atoms with Gasteiger partial charge in [-0.1, -0.05) is 24.3 Å². The number of aryl methyl sites for hydroxylation is 2. The lowest BCUT2D eigenvalue weighted by Gasteiger charge is -2.40. The molecule has 0 saturated carbocycles. The van der Waals surface area contributed by atoms with Crippen LogP contribution in [-0.4, -0.2) is 39.8 Å². The molecule has 2 aliphatic rings. The van der Waals surface area contributed by atoms with Crippen LogP contribution in [0.2, 0.25) is 0 Å². The molecule has 1 fully saturated rings. The summed E-state index contributed by atoms with van der Waals surface area (Å²) in [6.45, 7) is 4.53. The van der Waals surface area contributed by atoms with E-state index < -0.39 is 0 Å². The Kier molecular flexibility index (Phi) is 3.68. The molecule has 0 spiro atoms. The molecule has 116 valence electrons. The van der Waals surface area contributed by atoms with E-state index in [9.17, 15) is 0 Å². The second kappa shape index (κ2) is 5.82. The Bertz CT molecular complexity index is 654. The summed E-state index contributed by atoms with van der Waals surface area (Å²) in [6, 6.07) is 9.39. The number of hydrogen-bond donors (Lipinski definition) is 1. The number of rotatable bonds is 2. The number of benzene rings is 1. The van der Waals surface area contributed by atoms with E-state index >= 15 is 0 Å². The van der Waals surface area contributed by atoms with Crippen LogP contribution in [0.1, 0.15) is 47.8 Å². The van der Waals surface area contributed by atoms with Gasteiger partial charge in [-0.3, -0.25) is 10.00 Å². The second-order valence-corrected chi connectivity index (χ2v) is 6.24. The molecule has 1 aliphatic carbocycles. The van der Waals surface area contributed by atoms with E-state index in [1.165, 1.54) is 30.4 Å². The van der Waals surface area contributed by atoms with E-state index in [2.05, 4.69) is 44.3 Å². The molecule has 2 unspecified atom stereocenters. The highest BCUT2D eigenvalue weighted by molar-refractivity contribution is 5.32. The quantitative estimate of drug-likeness (QED) is 0.926. The van der Waals surface area contributed by atoms with Gasteiger partial charge in [-0.25, -0.2) is 4.98 Å². The first-order chi connectivity index (χ1) is 10.8. The van der Waals surface area contributed by atoms with Crippen LogP contribution in [0.4, 0.5) is 0 Å². The minimum absolute atomic E-state index is 0.0206. The minimum Gasteiger partial charge on any atom is -0.367 e. The fraction of sp³-hybridized carbons (Fsp3) is 0.529. The summed E-state index contributed by atoms with van der Waals surface area (Å²) in [7, 11) is 0. The van der Waals surface area contributed by atoms with Gasteiger partial charge < -0.3 is 4.74 Å². The molecule has 1 aromatic heterocycles. The Morgan fingerprint density at radius 1 is 1.32 bits per heavy atom. The molecule has 1 aromatic carbocycles. The maximum Gasteiger partial charge on any atom is 0.180 e. The number of aromatic amines is 1. The average Bonchev–Trinajstić information content (AvgIpc) is 3.01. The molecule has 5 nitrogen and oxygen atoms in total. The summed E-state index contributed by atoms with van der Waals surface area (Å²) in [5, 5.41) is 7.19. The summed E-state index contributed by atoms with van der Waals surface area (Å²) in [5.74, 6) is 1.63. The first kappa shape index (κ1) is 13.9. The summed E-state index contributed by atoms with van der Waals surface area (Å²) in [4.78, 5) is 6.99. The van der Waals surface area contributed by atoms with Gasteiger partial charge in [0.1, 0.15) is 11.9 Å². The molecule has 2 aromatic rings. The summed E-state index contributed by atoms with van der Waals surface area (Å²) in [5.41, 5.74) is 3.01. The van der Waals surface area contributed by atoms with E-state index in [1.54, 1.807) is 0 Å². The standard InChI is InChI=1S/C17H22N4O/c1-12-18-17(20-19-12)16-11-21(9-10-22-16)15-8-4-6-13-5-2-3-7-14(13)15/h2-3,5,7,15-16H,4,6,8-11H2,1H3,(H,18,19,20). The van der Waals surface area contributed by atoms with E-state index in [-0.39, 0.29) is 6.10 Å². The van der Waals surface area contributed by atoms with Crippen molar-refractivity contribution < 1.29 is 4.74 Å². The highest BCUT2D eigenvalue weighted by Gasteiger charge is 2.32. The van der Waals surface area contributed by atoms with Gasteiger partial charge in [-0.05, 0) is 37.3 Å². The van der Waals surface area contributed by atoms with Gasteiger partial charge in [0.05, 0.1) is 6.61 Å². The lowest BCUT2D eigenvalue weighted by atomic mass is 9.86. The van der Waals surface area contributed by atoms with Crippen molar-refractivity contribution in [1.82, 2.24) is 20.1 Å². The molecule has 2 atom stereocenters. The number of morpholine rings is 1. The Labute approximate surface area is 130 Å². The van der Waals surface area contributed by atoms with Crippen LogP contribution in [0.25, 0.3) is 0 Å². The number of H-pyrrole nitrogens is 1. The number of nitrogens with one attached hydrogen (secondary N) is 1. The van der Waals surface area contributed by atoms with Crippen molar-refractivity contribution in [2.24, 2.45) is 0 Å². The predicted molar refractivity (Wildman–Crippen MR) is 83.5 cm³/mol. The molecular weight excluding hydrogens is 276 g/mol. The second-order valence-electron chi connectivity index (χ2n) is 6.24. The van der Waals surface area contributed by atoms with Crippen LogP contribution < -0.4 is 0 Å². The van der Waals surface area contributed by atoms with Crippen molar-refractivity contribution in [3.63, 3.8) is 0 Å². The minimum atomic E-state index is -0.0206. The van der Waals surface area contributed by atoms with E-state index in [1.807, 2.05) is 6.92 Å². The van der Waals surface area contributed by atoms with Crippen molar-refractivity contribution in [1.29, 1.82) is 0 Å². The zero-order valence-corrected chi connectivity index (χ0v) is 13.0. The van der Waals surface area contributed by atoms with E-state index in [4.69, 9.17) is 4.74 Å². The van der Waals surface area contributed by atoms with Crippen molar-refractivity contribution in [3.8, 4) is 0 Å². The Morgan fingerprint density at radius 3 is 3.09 bits per heavy atom. The predicted octanol–water partition coefficient (Wildman–Crippen LogP) is 2.56. The Morgan fingerprint density at radius 2 is 2.23 bits per heavy atom. The smallest absolute Gasteiger partial charge is 0.180 e. The van der Waals surface area contributed by atoms with Gasteiger partial charge in [0.15, 0.2) is 5.82 Å². The van der Waals surface area contributed by atoms with Crippen LogP contribution >= 0.6 is 0 Å². The van der Waals surface area contributed by atoms with Crippen LogP contribution in [0.5, 0.6) is 0 Å². The molecule has 0 amide bonds. The first-order valence-corrected chi connectivity index (χ1v) is 8.13. The molecule has 4 rings (SSSR count). The number of hydrogen-bond acceptors (Lipinski definition) is 4. The van der Waals surface area contributed by atoms with Gasteiger partial charge in [0.2, 0.25) is 0 Å². The Hall–Kier alpha value is -1.72. The van der Waals surface area contributed by atoms with Crippen molar-refractivity contribution in [2.45, 2.75) is 38.3 Å².